The zero-order chi connectivity index (χ0) is 18.0. The largest absolute Gasteiger partial charge is 0.347 e. The number of aromatic nitrogens is 2. The lowest BCUT2D eigenvalue weighted by atomic mass is 9.93. The summed E-state index contributed by atoms with van der Waals surface area (Å²) in [6, 6.07) is 0. The normalized spacial score (nSPS) is 21.0. The van der Waals surface area contributed by atoms with Crippen LogP contribution in [0.15, 0.2) is 0 Å². The van der Waals surface area contributed by atoms with Crippen molar-refractivity contribution < 1.29 is 4.79 Å². The van der Waals surface area contributed by atoms with Crippen molar-refractivity contribution in [2.45, 2.75) is 45.4 Å². The van der Waals surface area contributed by atoms with Crippen LogP contribution in [0.25, 0.3) is 0 Å². The number of carbonyl (C=O) groups is 1. The molecule has 7 heteroatoms. The summed E-state index contributed by atoms with van der Waals surface area (Å²) >= 11 is 1.51. The molecular formula is C18H31N5OS. The van der Waals surface area contributed by atoms with Gasteiger partial charge in [0.05, 0.1) is 0 Å². The molecule has 0 atom stereocenters. The molecule has 0 spiro atoms. The Balaban J connectivity index is 1.47. The van der Waals surface area contributed by atoms with E-state index < -0.39 is 0 Å². The fourth-order valence-corrected chi connectivity index (χ4v) is 4.32. The first-order valence-corrected chi connectivity index (χ1v) is 10.2. The van der Waals surface area contributed by atoms with Crippen LogP contribution in [0.3, 0.4) is 0 Å². The highest BCUT2D eigenvalue weighted by molar-refractivity contribution is 7.09. The first kappa shape index (κ1) is 18.6. The number of hydrogen-bond acceptors (Lipinski definition) is 6. The van der Waals surface area contributed by atoms with Crippen molar-refractivity contribution in [1.29, 1.82) is 0 Å². The first-order valence-electron chi connectivity index (χ1n) is 9.38. The number of piperidine rings is 1. The van der Waals surface area contributed by atoms with E-state index in [2.05, 4.69) is 42.0 Å². The second-order valence-electron chi connectivity index (χ2n) is 8.47. The summed E-state index contributed by atoms with van der Waals surface area (Å²) in [6.45, 7) is 12.2. The predicted molar refractivity (Wildman–Crippen MR) is 102 cm³/mol. The minimum atomic E-state index is 0.00199. The van der Waals surface area contributed by atoms with Crippen LogP contribution in [0.5, 0.6) is 0 Å². The maximum Gasteiger partial charge on any atom is 0.222 e. The Bertz CT molecular complexity index is 581. The van der Waals surface area contributed by atoms with Gasteiger partial charge in [-0.3, -0.25) is 4.79 Å². The molecule has 0 unspecified atom stereocenters. The molecule has 3 heterocycles. The van der Waals surface area contributed by atoms with Gasteiger partial charge in [0.2, 0.25) is 11.0 Å². The van der Waals surface area contributed by atoms with E-state index in [4.69, 9.17) is 4.98 Å². The number of anilines is 1. The Morgan fingerprint density at radius 2 is 1.76 bits per heavy atom. The highest BCUT2D eigenvalue weighted by atomic mass is 32.1. The Morgan fingerprint density at radius 1 is 1.12 bits per heavy atom. The topological polar surface area (TPSA) is 52.6 Å². The number of nitrogens with zero attached hydrogens (tertiary/aromatic N) is 5. The van der Waals surface area contributed by atoms with Gasteiger partial charge in [-0.1, -0.05) is 20.8 Å². The molecule has 3 rings (SSSR count). The van der Waals surface area contributed by atoms with Gasteiger partial charge in [0.15, 0.2) is 0 Å². The average molecular weight is 366 g/mol. The molecule has 6 nitrogen and oxygen atoms in total. The van der Waals surface area contributed by atoms with Gasteiger partial charge in [0.25, 0.3) is 0 Å². The minimum Gasteiger partial charge on any atom is -0.347 e. The van der Waals surface area contributed by atoms with Crippen LogP contribution in [-0.4, -0.2) is 71.4 Å². The molecule has 1 aromatic rings. The zero-order valence-electron chi connectivity index (χ0n) is 16.0. The van der Waals surface area contributed by atoms with Crippen LogP contribution in [0, 0.1) is 5.92 Å². The summed E-state index contributed by atoms with van der Waals surface area (Å²) in [6.07, 6.45) is 2.86. The lowest BCUT2D eigenvalue weighted by molar-refractivity contribution is -0.133. The summed E-state index contributed by atoms with van der Waals surface area (Å²) in [5, 5.41) is 1.04. The third-order valence-electron chi connectivity index (χ3n) is 5.29. The van der Waals surface area contributed by atoms with Crippen molar-refractivity contribution in [1.82, 2.24) is 19.2 Å². The fraction of sp³-hybridized carbons (Fsp3) is 0.833. The van der Waals surface area contributed by atoms with Crippen LogP contribution >= 0.6 is 11.5 Å². The average Bonchev–Trinajstić information content (AvgIpc) is 3.06. The van der Waals surface area contributed by atoms with Crippen molar-refractivity contribution in [3.63, 3.8) is 0 Å². The van der Waals surface area contributed by atoms with Crippen molar-refractivity contribution in [3.8, 4) is 0 Å². The van der Waals surface area contributed by atoms with Gasteiger partial charge in [-0.2, -0.15) is 4.37 Å². The van der Waals surface area contributed by atoms with Crippen molar-refractivity contribution in [3.05, 3.63) is 5.82 Å². The van der Waals surface area contributed by atoms with Gasteiger partial charge in [0, 0.05) is 62.6 Å². The second kappa shape index (κ2) is 7.58. The molecular weight excluding hydrogens is 334 g/mol. The van der Waals surface area contributed by atoms with Crippen molar-refractivity contribution in [2.24, 2.45) is 5.92 Å². The smallest absolute Gasteiger partial charge is 0.222 e. The molecule has 0 aliphatic carbocycles. The van der Waals surface area contributed by atoms with E-state index in [1.165, 1.54) is 11.5 Å². The molecule has 2 aliphatic heterocycles. The number of amides is 1. The van der Waals surface area contributed by atoms with E-state index in [0.29, 0.717) is 18.2 Å². The summed E-state index contributed by atoms with van der Waals surface area (Å²) in [5.74, 6) is 1.79. The molecule has 1 amide bonds. The summed E-state index contributed by atoms with van der Waals surface area (Å²) in [7, 11) is 2.12. The quantitative estimate of drug-likeness (QED) is 0.822. The molecule has 1 aromatic heterocycles. The first-order chi connectivity index (χ1) is 11.8. The van der Waals surface area contributed by atoms with Crippen LogP contribution in [0.1, 0.15) is 45.9 Å². The lowest BCUT2D eigenvalue weighted by Crippen LogP contribution is -2.47. The number of carbonyl (C=O) groups excluding carboxylic acids is 1. The van der Waals surface area contributed by atoms with Crippen LogP contribution < -0.4 is 4.90 Å². The van der Waals surface area contributed by atoms with Gasteiger partial charge < -0.3 is 14.7 Å². The molecule has 2 fully saturated rings. The Morgan fingerprint density at radius 3 is 2.32 bits per heavy atom. The third-order valence-corrected chi connectivity index (χ3v) is 6.07. The van der Waals surface area contributed by atoms with Gasteiger partial charge >= 0.3 is 0 Å². The number of likely N-dealkylation sites (N-methyl/N-ethyl adjacent to an activating group) is 1. The van der Waals surface area contributed by atoms with E-state index in [0.717, 1.165) is 63.1 Å². The van der Waals surface area contributed by atoms with E-state index in [-0.39, 0.29) is 5.41 Å². The fourth-order valence-electron chi connectivity index (χ4n) is 3.41. The summed E-state index contributed by atoms with van der Waals surface area (Å²) in [5.41, 5.74) is 0.00199. The van der Waals surface area contributed by atoms with Gasteiger partial charge in [-0.25, -0.2) is 4.98 Å². The predicted octanol–water partition coefficient (Wildman–Crippen LogP) is 2.22. The zero-order valence-corrected chi connectivity index (χ0v) is 16.8. The summed E-state index contributed by atoms with van der Waals surface area (Å²) in [4.78, 5) is 23.9. The Hall–Kier alpha value is -1.21. The molecule has 2 aliphatic rings. The highest BCUT2D eigenvalue weighted by Crippen LogP contribution is 2.29. The molecule has 0 saturated carbocycles. The monoisotopic (exact) mass is 365 g/mol. The Kier molecular flexibility index (Phi) is 5.63. The molecule has 0 N–H and O–H groups in total. The third kappa shape index (κ3) is 4.70. The van der Waals surface area contributed by atoms with Crippen molar-refractivity contribution >= 4 is 22.6 Å². The molecule has 0 radical (unpaired) electrons. The van der Waals surface area contributed by atoms with Gasteiger partial charge in [-0.15, -0.1) is 0 Å². The van der Waals surface area contributed by atoms with E-state index in [1.54, 1.807) is 0 Å². The van der Waals surface area contributed by atoms with Gasteiger partial charge in [0.1, 0.15) is 5.82 Å². The maximum atomic E-state index is 12.5. The van der Waals surface area contributed by atoms with E-state index >= 15 is 0 Å². The van der Waals surface area contributed by atoms with Crippen LogP contribution in [-0.2, 0) is 10.2 Å². The number of hydrogen-bond donors (Lipinski definition) is 0. The highest BCUT2D eigenvalue weighted by Gasteiger charge is 2.27. The molecule has 0 aromatic carbocycles. The molecule has 140 valence electrons. The second-order valence-corrected chi connectivity index (χ2v) is 9.20. The molecule has 2 saturated heterocycles. The maximum absolute atomic E-state index is 12.5. The van der Waals surface area contributed by atoms with E-state index in [1.807, 2.05) is 4.90 Å². The van der Waals surface area contributed by atoms with E-state index in [9.17, 15) is 4.79 Å². The lowest BCUT2D eigenvalue weighted by Gasteiger charge is -2.35. The van der Waals surface area contributed by atoms with Crippen LogP contribution in [0.4, 0.5) is 5.13 Å². The summed E-state index contributed by atoms with van der Waals surface area (Å²) < 4.78 is 4.52. The molecule has 0 bridgehead atoms. The van der Waals surface area contributed by atoms with Gasteiger partial charge in [-0.05, 0) is 25.8 Å². The SMILES string of the molecule is CN1CCN(C(=O)CC2CCN(c3nc(C(C)(C)C)ns3)CC2)CC1. The standard InChI is InChI=1S/C18H31N5OS/c1-18(2,3)16-19-17(25-20-16)23-7-5-14(6-8-23)13-15(24)22-11-9-21(4)10-12-22/h14H,5-13H2,1-4H3. The van der Waals surface area contributed by atoms with Crippen LogP contribution in [0.2, 0.25) is 0 Å². The minimum absolute atomic E-state index is 0.00199. The molecule has 25 heavy (non-hydrogen) atoms. The Labute approximate surface area is 155 Å². The van der Waals surface area contributed by atoms with Crippen molar-refractivity contribution in [2.75, 3.05) is 51.2 Å². The number of piperazine rings is 1. The number of rotatable bonds is 3.